The number of benzene rings is 1. The first-order chi connectivity index (χ1) is 8.65. The van der Waals surface area contributed by atoms with Gasteiger partial charge in [-0.15, -0.1) is 0 Å². The van der Waals surface area contributed by atoms with Crippen LogP contribution in [0, 0.1) is 16.3 Å². The molecule has 2 aromatic rings. The van der Waals surface area contributed by atoms with Crippen molar-refractivity contribution in [2.75, 3.05) is 11.9 Å². The second-order valence-electron chi connectivity index (χ2n) is 3.97. The van der Waals surface area contributed by atoms with Crippen LogP contribution in [0.25, 0.3) is 0 Å². The number of hydrogen-bond acceptors (Lipinski definition) is 3. The van der Waals surface area contributed by atoms with Crippen LogP contribution >= 0.6 is 22.6 Å². The first-order valence-corrected chi connectivity index (χ1v) is 6.69. The zero-order valence-corrected chi connectivity index (χ0v) is 12.1. The van der Waals surface area contributed by atoms with E-state index in [4.69, 9.17) is 0 Å². The van der Waals surface area contributed by atoms with Gasteiger partial charge < -0.3 is 5.32 Å². The zero-order valence-electron chi connectivity index (χ0n) is 9.95. The van der Waals surface area contributed by atoms with Crippen molar-refractivity contribution < 1.29 is 4.39 Å². The SMILES string of the molecule is Cc1cc(F)ccc1CCNc1ncc(I)cn1. The summed E-state index contributed by atoms with van der Waals surface area (Å²) >= 11 is 2.16. The predicted molar refractivity (Wildman–Crippen MR) is 78.1 cm³/mol. The highest BCUT2D eigenvalue weighted by atomic mass is 127. The van der Waals surface area contributed by atoms with Gasteiger partial charge in [0.05, 0.1) is 0 Å². The van der Waals surface area contributed by atoms with Crippen LogP contribution in [-0.4, -0.2) is 16.5 Å². The maximum atomic E-state index is 12.9. The Hall–Kier alpha value is -1.24. The van der Waals surface area contributed by atoms with Gasteiger partial charge in [0, 0.05) is 22.5 Å². The van der Waals surface area contributed by atoms with E-state index in [1.807, 2.05) is 13.0 Å². The second kappa shape index (κ2) is 6.08. The van der Waals surface area contributed by atoms with Crippen LogP contribution < -0.4 is 5.32 Å². The lowest BCUT2D eigenvalue weighted by atomic mass is 10.1. The molecule has 2 rings (SSSR count). The van der Waals surface area contributed by atoms with Crippen molar-refractivity contribution in [2.24, 2.45) is 0 Å². The molecule has 1 aromatic carbocycles. The number of aryl methyl sites for hydroxylation is 1. The molecule has 0 bridgehead atoms. The summed E-state index contributed by atoms with van der Waals surface area (Å²) < 4.78 is 13.9. The molecule has 5 heteroatoms. The molecule has 0 saturated carbocycles. The van der Waals surface area contributed by atoms with E-state index in [2.05, 4.69) is 37.9 Å². The first-order valence-electron chi connectivity index (χ1n) is 5.61. The van der Waals surface area contributed by atoms with Crippen LogP contribution in [-0.2, 0) is 6.42 Å². The average molecular weight is 357 g/mol. The standard InChI is InChI=1S/C13H13FIN3/c1-9-6-11(14)3-2-10(9)4-5-16-13-17-7-12(15)8-18-13/h2-3,6-8H,4-5H2,1H3,(H,16,17,18). The third-order valence-corrected chi connectivity index (χ3v) is 3.16. The topological polar surface area (TPSA) is 37.8 Å². The van der Waals surface area contributed by atoms with Gasteiger partial charge in [-0.05, 0) is 59.2 Å². The van der Waals surface area contributed by atoms with Crippen molar-refractivity contribution in [2.45, 2.75) is 13.3 Å². The lowest BCUT2D eigenvalue weighted by molar-refractivity contribution is 0.625. The van der Waals surface area contributed by atoms with Crippen molar-refractivity contribution in [1.29, 1.82) is 0 Å². The van der Waals surface area contributed by atoms with Crippen LogP contribution in [0.4, 0.5) is 10.3 Å². The van der Waals surface area contributed by atoms with Crippen molar-refractivity contribution in [1.82, 2.24) is 9.97 Å². The van der Waals surface area contributed by atoms with Crippen LogP contribution in [0.3, 0.4) is 0 Å². The van der Waals surface area contributed by atoms with Crippen LogP contribution in [0.5, 0.6) is 0 Å². The number of nitrogens with zero attached hydrogens (tertiary/aromatic N) is 2. The molecule has 0 amide bonds. The highest BCUT2D eigenvalue weighted by Crippen LogP contribution is 2.11. The highest BCUT2D eigenvalue weighted by molar-refractivity contribution is 14.1. The van der Waals surface area contributed by atoms with Crippen LogP contribution in [0.2, 0.25) is 0 Å². The summed E-state index contributed by atoms with van der Waals surface area (Å²) in [6.07, 6.45) is 4.35. The van der Waals surface area contributed by atoms with E-state index in [1.54, 1.807) is 18.5 Å². The molecule has 0 aliphatic heterocycles. The Labute approximate surface area is 119 Å². The average Bonchev–Trinajstić information content (AvgIpc) is 2.34. The lowest BCUT2D eigenvalue weighted by Gasteiger charge is -2.07. The Morgan fingerprint density at radius 1 is 1.28 bits per heavy atom. The summed E-state index contributed by atoms with van der Waals surface area (Å²) in [5.74, 6) is 0.431. The third kappa shape index (κ3) is 3.63. The van der Waals surface area contributed by atoms with Crippen molar-refractivity contribution in [3.05, 3.63) is 51.1 Å². The quantitative estimate of drug-likeness (QED) is 0.855. The molecule has 1 heterocycles. The van der Waals surface area contributed by atoms with E-state index in [0.717, 1.165) is 27.7 Å². The molecular weight excluding hydrogens is 344 g/mol. The van der Waals surface area contributed by atoms with Gasteiger partial charge in [-0.2, -0.15) is 0 Å². The van der Waals surface area contributed by atoms with Gasteiger partial charge in [0.1, 0.15) is 5.82 Å². The molecule has 0 saturated heterocycles. The Kier molecular flexibility index (Phi) is 4.46. The number of aromatic nitrogens is 2. The van der Waals surface area contributed by atoms with Crippen molar-refractivity contribution >= 4 is 28.5 Å². The van der Waals surface area contributed by atoms with E-state index >= 15 is 0 Å². The second-order valence-corrected chi connectivity index (χ2v) is 5.22. The predicted octanol–water partition coefficient (Wildman–Crippen LogP) is 3.18. The summed E-state index contributed by atoms with van der Waals surface area (Å²) in [5, 5.41) is 3.14. The minimum atomic E-state index is -0.190. The fourth-order valence-corrected chi connectivity index (χ4v) is 1.93. The lowest BCUT2D eigenvalue weighted by Crippen LogP contribution is -2.08. The minimum Gasteiger partial charge on any atom is -0.354 e. The van der Waals surface area contributed by atoms with Crippen molar-refractivity contribution in [3.8, 4) is 0 Å². The number of nitrogens with one attached hydrogen (secondary N) is 1. The molecular formula is C13H13FIN3. The monoisotopic (exact) mass is 357 g/mol. The molecule has 0 aliphatic rings. The van der Waals surface area contributed by atoms with Crippen molar-refractivity contribution in [3.63, 3.8) is 0 Å². The largest absolute Gasteiger partial charge is 0.354 e. The summed E-state index contributed by atoms with van der Waals surface area (Å²) in [4.78, 5) is 8.31. The minimum absolute atomic E-state index is 0.190. The van der Waals surface area contributed by atoms with Gasteiger partial charge in [-0.3, -0.25) is 0 Å². The molecule has 0 unspecified atom stereocenters. The molecule has 0 fully saturated rings. The molecule has 94 valence electrons. The molecule has 1 aromatic heterocycles. The molecule has 0 spiro atoms. The van der Waals surface area contributed by atoms with E-state index in [-0.39, 0.29) is 5.82 Å². The number of rotatable bonds is 4. The fourth-order valence-electron chi connectivity index (χ4n) is 1.65. The molecule has 0 aliphatic carbocycles. The Balaban J connectivity index is 1.90. The summed E-state index contributed by atoms with van der Waals surface area (Å²) in [5.41, 5.74) is 2.11. The Bertz CT molecular complexity index is 528. The number of anilines is 1. The summed E-state index contributed by atoms with van der Waals surface area (Å²) in [6, 6.07) is 4.86. The van der Waals surface area contributed by atoms with E-state index in [0.29, 0.717) is 5.95 Å². The molecule has 0 atom stereocenters. The molecule has 1 N–H and O–H groups in total. The maximum absolute atomic E-state index is 12.9. The molecule has 3 nitrogen and oxygen atoms in total. The number of halogens is 2. The van der Waals surface area contributed by atoms with E-state index < -0.39 is 0 Å². The van der Waals surface area contributed by atoms with Gasteiger partial charge in [0.25, 0.3) is 0 Å². The highest BCUT2D eigenvalue weighted by Gasteiger charge is 2.01. The van der Waals surface area contributed by atoms with Gasteiger partial charge in [0.15, 0.2) is 0 Å². The Morgan fingerprint density at radius 2 is 2.00 bits per heavy atom. The van der Waals surface area contributed by atoms with Gasteiger partial charge >= 0.3 is 0 Å². The van der Waals surface area contributed by atoms with Crippen LogP contribution in [0.15, 0.2) is 30.6 Å². The zero-order chi connectivity index (χ0) is 13.0. The smallest absolute Gasteiger partial charge is 0.222 e. The van der Waals surface area contributed by atoms with Gasteiger partial charge in [0.2, 0.25) is 5.95 Å². The third-order valence-electron chi connectivity index (χ3n) is 2.60. The van der Waals surface area contributed by atoms with Crippen LogP contribution in [0.1, 0.15) is 11.1 Å². The Morgan fingerprint density at radius 3 is 2.67 bits per heavy atom. The summed E-state index contributed by atoms with van der Waals surface area (Å²) in [7, 11) is 0. The van der Waals surface area contributed by atoms with Gasteiger partial charge in [-0.25, -0.2) is 14.4 Å². The summed E-state index contributed by atoms with van der Waals surface area (Å²) in [6.45, 7) is 2.65. The van der Waals surface area contributed by atoms with E-state index in [9.17, 15) is 4.39 Å². The molecule has 0 radical (unpaired) electrons. The first kappa shape index (κ1) is 13.2. The normalized spacial score (nSPS) is 10.4. The fraction of sp³-hybridized carbons (Fsp3) is 0.231. The van der Waals surface area contributed by atoms with Gasteiger partial charge in [-0.1, -0.05) is 6.07 Å². The van der Waals surface area contributed by atoms with E-state index in [1.165, 1.54) is 6.07 Å². The maximum Gasteiger partial charge on any atom is 0.222 e. The number of hydrogen-bond donors (Lipinski definition) is 1. The molecule has 18 heavy (non-hydrogen) atoms.